The van der Waals surface area contributed by atoms with Gasteiger partial charge >= 0.3 is 0 Å². The molecule has 3 rings (SSSR count). The highest BCUT2D eigenvalue weighted by molar-refractivity contribution is 7.89. The molecule has 1 fully saturated rings. The molecule has 0 aromatic heterocycles. The molecule has 1 heterocycles. The van der Waals surface area contributed by atoms with Crippen LogP contribution in [0.1, 0.15) is 30.4 Å². The van der Waals surface area contributed by atoms with E-state index in [1.807, 2.05) is 48.5 Å². The highest BCUT2D eigenvalue weighted by Crippen LogP contribution is 2.25. The van der Waals surface area contributed by atoms with Gasteiger partial charge in [0, 0.05) is 19.7 Å². The first-order chi connectivity index (χ1) is 15.0. The normalized spacial score (nSPS) is 17.6. The molecular formula is C23H31NO6S. The summed E-state index contributed by atoms with van der Waals surface area (Å²) in [4.78, 5) is 0. The number of methoxy groups -OCH3 is 2. The SMILES string of the molecule is COc1ccc(CN(Cc2ccc(OC)cc2)S(=O)(=O)C(CO)CC2CCCO2)cc1. The first-order valence-corrected chi connectivity index (χ1v) is 11.9. The molecule has 0 amide bonds. The summed E-state index contributed by atoms with van der Waals surface area (Å²) in [5, 5.41) is 9.04. The minimum absolute atomic E-state index is 0.129. The number of hydrogen-bond acceptors (Lipinski definition) is 6. The van der Waals surface area contributed by atoms with Gasteiger partial charge in [0.1, 0.15) is 16.7 Å². The lowest BCUT2D eigenvalue weighted by molar-refractivity contribution is 0.0970. The van der Waals surface area contributed by atoms with E-state index < -0.39 is 21.9 Å². The summed E-state index contributed by atoms with van der Waals surface area (Å²) in [6.07, 6.45) is 1.91. The first-order valence-electron chi connectivity index (χ1n) is 10.4. The Balaban J connectivity index is 1.85. The second kappa shape index (κ2) is 10.9. The molecule has 2 atom stereocenters. The summed E-state index contributed by atoms with van der Waals surface area (Å²) in [6.45, 7) is 0.592. The summed E-state index contributed by atoms with van der Waals surface area (Å²) in [6, 6.07) is 14.6. The molecule has 7 nitrogen and oxygen atoms in total. The van der Waals surface area contributed by atoms with Crippen molar-refractivity contribution < 1.29 is 27.7 Å². The smallest absolute Gasteiger partial charge is 0.219 e. The molecule has 1 aliphatic rings. The predicted octanol–water partition coefficient (Wildman–Crippen LogP) is 2.97. The van der Waals surface area contributed by atoms with Crippen LogP contribution in [0.25, 0.3) is 0 Å². The number of sulfonamides is 1. The molecule has 0 aliphatic carbocycles. The summed E-state index contributed by atoms with van der Waals surface area (Å²) in [5.74, 6) is 1.42. The van der Waals surface area contributed by atoms with E-state index >= 15 is 0 Å². The number of nitrogens with zero attached hydrogens (tertiary/aromatic N) is 1. The van der Waals surface area contributed by atoms with Crippen molar-refractivity contribution in [1.82, 2.24) is 4.31 Å². The van der Waals surface area contributed by atoms with Crippen LogP contribution < -0.4 is 9.47 Å². The Morgan fingerprint density at radius 3 is 1.90 bits per heavy atom. The Kier molecular flexibility index (Phi) is 8.31. The minimum atomic E-state index is -3.79. The van der Waals surface area contributed by atoms with E-state index in [0.717, 1.165) is 24.0 Å². The van der Waals surface area contributed by atoms with Crippen LogP contribution in [0.15, 0.2) is 48.5 Å². The minimum Gasteiger partial charge on any atom is -0.497 e. The molecule has 2 unspecified atom stereocenters. The maximum absolute atomic E-state index is 13.6. The van der Waals surface area contributed by atoms with Crippen molar-refractivity contribution in [2.24, 2.45) is 0 Å². The van der Waals surface area contributed by atoms with Crippen molar-refractivity contribution in [3.05, 3.63) is 59.7 Å². The standard InChI is InChI=1S/C23H31NO6S/c1-28-20-9-5-18(6-10-20)15-24(16-19-7-11-21(29-2)12-8-19)31(26,27)23(17-25)14-22-4-3-13-30-22/h5-12,22-23,25H,3-4,13-17H2,1-2H3. The van der Waals surface area contributed by atoms with Crippen LogP contribution in [0.4, 0.5) is 0 Å². The van der Waals surface area contributed by atoms with Crippen molar-refractivity contribution in [2.75, 3.05) is 27.4 Å². The summed E-state index contributed by atoms with van der Waals surface area (Å²) in [5.41, 5.74) is 1.68. The van der Waals surface area contributed by atoms with Gasteiger partial charge in [0.05, 0.1) is 26.9 Å². The van der Waals surface area contributed by atoms with Crippen LogP contribution in [0.3, 0.4) is 0 Å². The van der Waals surface area contributed by atoms with Crippen molar-refractivity contribution in [1.29, 1.82) is 0 Å². The third-order valence-electron chi connectivity index (χ3n) is 5.57. The van der Waals surface area contributed by atoms with Gasteiger partial charge in [-0.25, -0.2) is 8.42 Å². The van der Waals surface area contributed by atoms with Crippen molar-refractivity contribution in [2.45, 2.75) is 43.7 Å². The molecule has 1 aliphatic heterocycles. The first kappa shape index (κ1) is 23.5. The van der Waals surface area contributed by atoms with Crippen molar-refractivity contribution >= 4 is 10.0 Å². The van der Waals surface area contributed by atoms with Crippen LogP contribution in [0.5, 0.6) is 11.5 Å². The lowest BCUT2D eigenvalue weighted by atomic mass is 10.1. The number of ether oxygens (including phenoxy) is 3. The molecule has 0 saturated carbocycles. The highest BCUT2D eigenvalue weighted by atomic mass is 32.2. The number of aliphatic hydroxyl groups is 1. The van der Waals surface area contributed by atoms with Gasteiger partial charge in [-0.3, -0.25) is 0 Å². The van der Waals surface area contributed by atoms with Crippen LogP contribution in [0, 0.1) is 0 Å². The number of rotatable bonds is 11. The number of benzene rings is 2. The van der Waals surface area contributed by atoms with Gasteiger partial charge in [-0.15, -0.1) is 0 Å². The van der Waals surface area contributed by atoms with Gasteiger partial charge < -0.3 is 19.3 Å². The van der Waals surface area contributed by atoms with E-state index in [2.05, 4.69) is 0 Å². The van der Waals surface area contributed by atoms with E-state index in [0.29, 0.717) is 24.5 Å². The lowest BCUT2D eigenvalue weighted by Gasteiger charge is -2.28. The largest absolute Gasteiger partial charge is 0.497 e. The number of hydrogen-bond donors (Lipinski definition) is 1. The lowest BCUT2D eigenvalue weighted by Crippen LogP contribution is -2.41. The molecular weight excluding hydrogens is 418 g/mol. The average molecular weight is 450 g/mol. The Bertz CT molecular complexity index is 859. The zero-order chi connectivity index (χ0) is 22.3. The second-order valence-corrected chi connectivity index (χ2v) is 9.90. The fraction of sp³-hybridized carbons (Fsp3) is 0.478. The summed E-state index contributed by atoms with van der Waals surface area (Å²) in [7, 11) is -0.608. The summed E-state index contributed by atoms with van der Waals surface area (Å²) >= 11 is 0. The third kappa shape index (κ3) is 6.20. The zero-order valence-electron chi connectivity index (χ0n) is 18.1. The number of aliphatic hydroxyl groups excluding tert-OH is 1. The van der Waals surface area contributed by atoms with Gasteiger partial charge in [0.2, 0.25) is 10.0 Å². The fourth-order valence-corrected chi connectivity index (χ4v) is 5.46. The molecule has 1 N–H and O–H groups in total. The molecule has 1 saturated heterocycles. The molecule has 8 heteroatoms. The quantitative estimate of drug-likeness (QED) is 0.568. The van der Waals surface area contributed by atoms with Gasteiger partial charge in [-0.05, 0) is 54.7 Å². The highest BCUT2D eigenvalue weighted by Gasteiger charge is 2.35. The van der Waals surface area contributed by atoms with E-state index in [1.165, 1.54) is 4.31 Å². The van der Waals surface area contributed by atoms with E-state index in [-0.39, 0.29) is 19.2 Å². The van der Waals surface area contributed by atoms with Gasteiger partial charge in [0.15, 0.2) is 0 Å². The molecule has 31 heavy (non-hydrogen) atoms. The predicted molar refractivity (Wildman–Crippen MR) is 119 cm³/mol. The molecule has 170 valence electrons. The fourth-order valence-electron chi connectivity index (χ4n) is 3.73. The third-order valence-corrected chi connectivity index (χ3v) is 7.73. The van der Waals surface area contributed by atoms with Crippen LogP contribution in [0.2, 0.25) is 0 Å². The second-order valence-electron chi connectivity index (χ2n) is 7.68. The maximum atomic E-state index is 13.6. The zero-order valence-corrected chi connectivity index (χ0v) is 18.9. The summed E-state index contributed by atoms with van der Waals surface area (Å²) < 4.78 is 44.6. The monoisotopic (exact) mass is 449 g/mol. The van der Waals surface area contributed by atoms with Crippen molar-refractivity contribution in [3.8, 4) is 11.5 Å². The van der Waals surface area contributed by atoms with Crippen LogP contribution in [-0.2, 0) is 27.8 Å². The topological polar surface area (TPSA) is 85.3 Å². The molecule has 2 aromatic rings. The van der Waals surface area contributed by atoms with Gasteiger partial charge in [-0.2, -0.15) is 4.31 Å². The molecule has 0 spiro atoms. The van der Waals surface area contributed by atoms with E-state index in [9.17, 15) is 13.5 Å². The molecule has 0 radical (unpaired) electrons. The van der Waals surface area contributed by atoms with Crippen LogP contribution in [-0.4, -0.2) is 56.6 Å². The molecule has 0 bridgehead atoms. The van der Waals surface area contributed by atoms with Gasteiger partial charge in [0.25, 0.3) is 0 Å². The Morgan fingerprint density at radius 2 is 1.52 bits per heavy atom. The van der Waals surface area contributed by atoms with Gasteiger partial charge in [-0.1, -0.05) is 24.3 Å². The Hall–Kier alpha value is -2.13. The molecule has 2 aromatic carbocycles. The van der Waals surface area contributed by atoms with E-state index in [1.54, 1.807) is 14.2 Å². The Labute approximate surface area is 184 Å². The average Bonchev–Trinajstić information content (AvgIpc) is 3.31. The van der Waals surface area contributed by atoms with E-state index in [4.69, 9.17) is 14.2 Å². The maximum Gasteiger partial charge on any atom is 0.219 e. The Morgan fingerprint density at radius 1 is 1.00 bits per heavy atom. The van der Waals surface area contributed by atoms with Crippen molar-refractivity contribution in [3.63, 3.8) is 0 Å². The van der Waals surface area contributed by atoms with Crippen LogP contribution >= 0.6 is 0 Å².